The highest BCUT2D eigenvalue weighted by Gasteiger charge is 2.21. The zero-order chi connectivity index (χ0) is 11.1. The van der Waals surface area contributed by atoms with Gasteiger partial charge in [-0.2, -0.15) is 0 Å². The van der Waals surface area contributed by atoms with Gasteiger partial charge in [-0.25, -0.2) is 4.98 Å². The summed E-state index contributed by atoms with van der Waals surface area (Å²) in [4.78, 5) is 16.6. The third-order valence-electron chi connectivity index (χ3n) is 2.97. The Hall–Kier alpha value is -1.12. The Bertz CT molecular complexity index is 426. The van der Waals surface area contributed by atoms with Crippen LogP contribution >= 0.6 is 0 Å². The van der Waals surface area contributed by atoms with Crippen molar-refractivity contribution < 1.29 is 0 Å². The summed E-state index contributed by atoms with van der Waals surface area (Å²) in [6.07, 6.45) is 4.96. The van der Waals surface area contributed by atoms with E-state index >= 15 is 0 Å². The highest BCUT2D eigenvalue weighted by atomic mass is 16.1. The number of nitrogens with zero attached hydrogens (tertiary/aromatic N) is 2. The second kappa shape index (κ2) is 3.47. The number of hydrogen-bond donors (Lipinski definition) is 0. The molecule has 0 unspecified atom stereocenters. The highest BCUT2D eigenvalue weighted by molar-refractivity contribution is 5.17. The van der Waals surface area contributed by atoms with Crippen LogP contribution in [0.5, 0.6) is 0 Å². The Morgan fingerprint density at radius 2 is 2.07 bits per heavy atom. The SMILES string of the molecule is CC(C)(C)c1cnc2n(c1=O)CCCC2. The van der Waals surface area contributed by atoms with E-state index < -0.39 is 0 Å². The lowest BCUT2D eigenvalue weighted by atomic mass is 9.89. The molecular formula is C12H18N2O. The summed E-state index contributed by atoms with van der Waals surface area (Å²) in [7, 11) is 0. The van der Waals surface area contributed by atoms with Crippen molar-refractivity contribution in [2.75, 3.05) is 0 Å². The van der Waals surface area contributed by atoms with Gasteiger partial charge in [0.25, 0.3) is 5.56 Å². The molecule has 0 amide bonds. The molecule has 15 heavy (non-hydrogen) atoms. The normalized spacial score (nSPS) is 16.2. The summed E-state index contributed by atoms with van der Waals surface area (Å²) in [6.45, 7) is 7.01. The number of aromatic nitrogens is 2. The van der Waals surface area contributed by atoms with Crippen LogP contribution < -0.4 is 5.56 Å². The molecule has 82 valence electrons. The molecule has 0 fully saturated rings. The van der Waals surface area contributed by atoms with Gasteiger partial charge in [0.1, 0.15) is 5.82 Å². The maximum Gasteiger partial charge on any atom is 0.257 e. The molecule has 0 spiro atoms. The van der Waals surface area contributed by atoms with Crippen LogP contribution in [0, 0.1) is 0 Å². The topological polar surface area (TPSA) is 34.9 Å². The molecule has 3 heteroatoms. The molecule has 0 radical (unpaired) electrons. The van der Waals surface area contributed by atoms with Crippen LogP contribution in [0.2, 0.25) is 0 Å². The van der Waals surface area contributed by atoms with Crippen molar-refractivity contribution in [1.82, 2.24) is 9.55 Å². The summed E-state index contributed by atoms with van der Waals surface area (Å²) < 4.78 is 1.85. The van der Waals surface area contributed by atoms with Crippen LogP contribution in [0.1, 0.15) is 45.0 Å². The molecule has 1 aliphatic heterocycles. The minimum Gasteiger partial charge on any atom is -0.296 e. The fourth-order valence-corrected chi connectivity index (χ4v) is 2.02. The van der Waals surface area contributed by atoms with Gasteiger partial charge < -0.3 is 0 Å². The van der Waals surface area contributed by atoms with E-state index in [1.165, 1.54) is 0 Å². The first-order valence-corrected chi connectivity index (χ1v) is 5.59. The summed E-state index contributed by atoms with van der Waals surface area (Å²) in [5.74, 6) is 0.958. The van der Waals surface area contributed by atoms with Gasteiger partial charge in [-0.05, 0) is 18.3 Å². The number of hydrogen-bond acceptors (Lipinski definition) is 2. The first-order chi connectivity index (χ1) is 7.00. The van der Waals surface area contributed by atoms with Gasteiger partial charge in [-0.3, -0.25) is 9.36 Å². The van der Waals surface area contributed by atoms with Crippen molar-refractivity contribution >= 4 is 0 Å². The molecule has 0 N–H and O–H groups in total. The van der Waals surface area contributed by atoms with Gasteiger partial charge >= 0.3 is 0 Å². The van der Waals surface area contributed by atoms with Gasteiger partial charge in [-0.15, -0.1) is 0 Å². The minimum atomic E-state index is -0.108. The van der Waals surface area contributed by atoms with Gasteiger partial charge in [0.2, 0.25) is 0 Å². The lowest BCUT2D eigenvalue weighted by Gasteiger charge is -2.22. The lowest BCUT2D eigenvalue weighted by molar-refractivity contribution is 0.475. The molecule has 1 aliphatic rings. The molecule has 3 nitrogen and oxygen atoms in total. The second-order valence-corrected chi connectivity index (χ2v) is 5.25. The molecule has 0 saturated heterocycles. The van der Waals surface area contributed by atoms with E-state index in [2.05, 4.69) is 25.8 Å². The van der Waals surface area contributed by atoms with Crippen molar-refractivity contribution in [2.45, 2.75) is 52.0 Å². The Morgan fingerprint density at radius 1 is 1.33 bits per heavy atom. The molecular weight excluding hydrogens is 188 g/mol. The minimum absolute atomic E-state index is 0.108. The third-order valence-corrected chi connectivity index (χ3v) is 2.97. The van der Waals surface area contributed by atoms with Crippen molar-refractivity contribution in [3.8, 4) is 0 Å². The Labute approximate surface area is 90.2 Å². The maximum atomic E-state index is 12.2. The first-order valence-electron chi connectivity index (χ1n) is 5.59. The lowest BCUT2D eigenvalue weighted by Crippen LogP contribution is -2.34. The smallest absolute Gasteiger partial charge is 0.257 e. The molecule has 1 aromatic rings. The largest absolute Gasteiger partial charge is 0.296 e. The summed E-state index contributed by atoms with van der Waals surface area (Å²) in [5.41, 5.74) is 0.879. The summed E-state index contributed by atoms with van der Waals surface area (Å²) in [5, 5.41) is 0. The number of fused-ring (bicyclic) bond motifs is 1. The van der Waals surface area contributed by atoms with Crippen molar-refractivity contribution in [3.05, 3.63) is 27.9 Å². The molecule has 0 aliphatic carbocycles. The maximum absolute atomic E-state index is 12.2. The zero-order valence-corrected chi connectivity index (χ0v) is 9.71. The molecule has 2 rings (SSSR count). The monoisotopic (exact) mass is 206 g/mol. The van der Waals surface area contributed by atoms with Crippen LogP contribution in [0.4, 0.5) is 0 Å². The van der Waals surface area contributed by atoms with Crippen molar-refractivity contribution in [3.63, 3.8) is 0 Å². The van der Waals surface area contributed by atoms with Crippen LogP contribution in [-0.4, -0.2) is 9.55 Å². The molecule has 0 atom stereocenters. The summed E-state index contributed by atoms with van der Waals surface area (Å²) >= 11 is 0. The quantitative estimate of drug-likeness (QED) is 0.649. The van der Waals surface area contributed by atoms with Crippen LogP contribution in [-0.2, 0) is 18.4 Å². The second-order valence-electron chi connectivity index (χ2n) is 5.25. The fourth-order valence-electron chi connectivity index (χ4n) is 2.02. The van der Waals surface area contributed by atoms with E-state index in [4.69, 9.17) is 0 Å². The number of rotatable bonds is 0. The molecule has 1 aromatic heterocycles. The van der Waals surface area contributed by atoms with E-state index in [9.17, 15) is 4.79 Å². The van der Waals surface area contributed by atoms with Crippen LogP contribution in [0.25, 0.3) is 0 Å². The third kappa shape index (κ3) is 1.83. The average Bonchev–Trinajstić information content (AvgIpc) is 2.16. The van der Waals surface area contributed by atoms with Crippen LogP contribution in [0.3, 0.4) is 0 Å². The number of aryl methyl sites for hydroxylation is 1. The molecule has 0 saturated carbocycles. The van der Waals surface area contributed by atoms with E-state index in [-0.39, 0.29) is 11.0 Å². The van der Waals surface area contributed by atoms with E-state index in [0.717, 1.165) is 37.2 Å². The zero-order valence-electron chi connectivity index (χ0n) is 9.71. The van der Waals surface area contributed by atoms with Gasteiger partial charge in [0.15, 0.2) is 0 Å². The van der Waals surface area contributed by atoms with Crippen molar-refractivity contribution in [2.24, 2.45) is 0 Å². The Kier molecular flexibility index (Phi) is 2.41. The summed E-state index contributed by atoms with van der Waals surface area (Å²) in [6, 6.07) is 0. The van der Waals surface area contributed by atoms with E-state index in [1.807, 2.05) is 4.57 Å². The average molecular weight is 206 g/mol. The Balaban J connectivity index is 2.58. The van der Waals surface area contributed by atoms with E-state index in [0.29, 0.717) is 0 Å². The van der Waals surface area contributed by atoms with Crippen molar-refractivity contribution in [1.29, 1.82) is 0 Å². The van der Waals surface area contributed by atoms with E-state index in [1.54, 1.807) is 6.20 Å². The predicted molar refractivity (Wildman–Crippen MR) is 60.1 cm³/mol. The molecule has 2 heterocycles. The van der Waals surface area contributed by atoms with Gasteiger partial charge in [0.05, 0.1) is 0 Å². The Morgan fingerprint density at radius 3 is 2.73 bits per heavy atom. The predicted octanol–water partition coefficient (Wildman–Crippen LogP) is 1.88. The molecule has 0 bridgehead atoms. The van der Waals surface area contributed by atoms with Gasteiger partial charge in [0, 0.05) is 24.7 Å². The fraction of sp³-hybridized carbons (Fsp3) is 0.667. The van der Waals surface area contributed by atoms with Gasteiger partial charge in [-0.1, -0.05) is 20.8 Å². The highest BCUT2D eigenvalue weighted by Crippen LogP contribution is 2.19. The standard InChI is InChI=1S/C12H18N2O/c1-12(2,3)9-8-13-10-6-4-5-7-14(10)11(9)15/h8H,4-7H2,1-3H3. The first kappa shape index (κ1) is 10.4. The molecule has 0 aromatic carbocycles. The van der Waals surface area contributed by atoms with Crippen LogP contribution in [0.15, 0.2) is 11.0 Å².